The van der Waals surface area contributed by atoms with E-state index in [4.69, 9.17) is 4.74 Å². The first-order valence-electron chi connectivity index (χ1n) is 7.11. The Bertz CT molecular complexity index is 431. The van der Waals surface area contributed by atoms with Crippen molar-refractivity contribution in [2.24, 2.45) is 5.92 Å². The number of carbonyl (C=O) groups is 1. The van der Waals surface area contributed by atoms with Crippen LogP contribution in [0.15, 0.2) is 24.3 Å². The summed E-state index contributed by atoms with van der Waals surface area (Å²) in [6.07, 6.45) is 3.87. The number of nitrogens with one attached hydrogen (secondary N) is 1. The second-order valence-electron chi connectivity index (χ2n) is 5.31. The van der Waals surface area contributed by atoms with Crippen molar-refractivity contribution in [3.63, 3.8) is 0 Å². The maximum absolute atomic E-state index is 12.2. The monoisotopic (exact) mass is 261 g/mol. The van der Waals surface area contributed by atoms with Crippen LogP contribution in [0.5, 0.6) is 5.75 Å². The summed E-state index contributed by atoms with van der Waals surface area (Å²) in [7, 11) is 1.66. The van der Waals surface area contributed by atoms with E-state index in [1.807, 2.05) is 12.1 Å². The summed E-state index contributed by atoms with van der Waals surface area (Å²) in [6.45, 7) is 4.14. The molecule has 1 N–H and O–H groups in total. The Morgan fingerprint density at radius 1 is 1.26 bits per heavy atom. The van der Waals surface area contributed by atoms with E-state index in [1.54, 1.807) is 7.11 Å². The zero-order valence-corrected chi connectivity index (χ0v) is 12.0. The first-order chi connectivity index (χ1) is 9.15. The molecule has 0 atom stereocenters. The number of carbonyl (C=O) groups excluding carboxylic acids is 1. The van der Waals surface area contributed by atoms with Crippen LogP contribution in [0.25, 0.3) is 0 Å². The summed E-state index contributed by atoms with van der Waals surface area (Å²) in [5.74, 6) is 1.18. The predicted molar refractivity (Wildman–Crippen MR) is 76.1 cm³/mol. The Labute approximate surface area is 115 Å². The number of hydrogen-bond acceptors (Lipinski definition) is 2. The van der Waals surface area contributed by atoms with Gasteiger partial charge in [0.2, 0.25) is 5.91 Å². The van der Waals surface area contributed by atoms with Crippen molar-refractivity contribution < 1.29 is 9.53 Å². The molecule has 1 saturated carbocycles. The largest absolute Gasteiger partial charge is 0.497 e. The fourth-order valence-corrected chi connectivity index (χ4v) is 2.52. The van der Waals surface area contributed by atoms with Gasteiger partial charge in [0.15, 0.2) is 0 Å². The van der Waals surface area contributed by atoms with Crippen LogP contribution in [0.3, 0.4) is 0 Å². The summed E-state index contributed by atoms with van der Waals surface area (Å²) in [6, 6.07) is 8.02. The lowest BCUT2D eigenvalue weighted by atomic mass is 9.99. The van der Waals surface area contributed by atoms with Crippen LogP contribution in [0.4, 0.5) is 0 Å². The van der Waals surface area contributed by atoms with Crippen molar-refractivity contribution in [3.8, 4) is 5.75 Å². The molecular formula is C16H23NO2. The van der Waals surface area contributed by atoms with Crippen LogP contribution in [0.2, 0.25) is 0 Å². The molecule has 19 heavy (non-hydrogen) atoms. The number of hydrogen-bond donors (Lipinski definition) is 1. The van der Waals surface area contributed by atoms with E-state index < -0.39 is 0 Å². The average molecular weight is 261 g/mol. The third-order valence-electron chi connectivity index (χ3n) is 4.11. The van der Waals surface area contributed by atoms with E-state index in [9.17, 15) is 4.79 Å². The summed E-state index contributed by atoms with van der Waals surface area (Å²) >= 11 is 0. The number of benzene rings is 1. The van der Waals surface area contributed by atoms with Crippen LogP contribution < -0.4 is 10.1 Å². The highest BCUT2D eigenvalue weighted by molar-refractivity contribution is 5.80. The molecule has 0 saturated heterocycles. The molecule has 3 heteroatoms. The van der Waals surface area contributed by atoms with Crippen LogP contribution in [0.1, 0.15) is 45.1 Å². The van der Waals surface area contributed by atoms with E-state index in [1.165, 1.54) is 5.56 Å². The third kappa shape index (κ3) is 2.91. The van der Waals surface area contributed by atoms with Crippen LogP contribution in [0, 0.1) is 5.92 Å². The molecule has 0 bridgehead atoms. The van der Waals surface area contributed by atoms with E-state index in [0.29, 0.717) is 0 Å². The minimum Gasteiger partial charge on any atom is -0.497 e. The second kappa shape index (κ2) is 5.64. The Balaban J connectivity index is 2.08. The maximum atomic E-state index is 12.2. The van der Waals surface area contributed by atoms with Gasteiger partial charge in [-0.25, -0.2) is 0 Å². The molecule has 0 radical (unpaired) electrons. The van der Waals surface area contributed by atoms with Gasteiger partial charge in [-0.2, -0.15) is 0 Å². The summed E-state index contributed by atoms with van der Waals surface area (Å²) in [5.41, 5.74) is 1.07. The molecule has 0 heterocycles. The summed E-state index contributed by atoms with van der Waals surface area (Å²) < 4.78 is 5.17. The van der Waals surface area contributed by atoms with Crippen molar-refractivity contribution in [3.05, 3.63) is 29.8 Å². The van der Waals surface area contributed by atoms with Crippen LogP contribution in [-0.4, -0.2) is 13.0 Å². The minimum absolute atomic E-state index is 0.119. The zero-order valence-electron chi connectivity index (χ0n) is 12.0. The fraction of sp³-hybridized carbons (Fsp3) is 0.562. The predicted octanol–water partition coefficient (Wildman–Crippen LogP) is 3.24. The highest BCUT2D eigenvalue weighted by Crippen LogP contribution is 2.46. The van der Waals surface area contributed by atoms with Crippen LogP contribution in [-0.2, 0) is 10.3 Å². The molecule has 0 aliphatic heterocycles. The summed E-state index contributed by atoms with van der Waals surface area (Å²) in [5, 5.41) is 3.24. The molecule has 0 unspecified atom stereocenters. The highest BCUT2D eigenvalue weighted by atomic mass is 16.5. The Morgan fingerprint density at radius 2 is 1.84 bits per heavy atom. The normalized spacial score (nSPS) is 16.2. The van der Waals surface area contributed by atoms with E-state index in [0.717, 1.165) is 31.4 Å². The van der Waals surface area contributed by atoms with Crippen LogP contribution >= 0.6 is 0 Å². The Hall–Kier alpha value is -1.51. The number of methoxy groups -OCH3 is 1. The van der Waals surface area contributed by atoms with Crippen molar-refractivity contribution >= 4 is 5.91 Å². The van der Waals surface area contributed by atoms with E-state index >= 15 is 0 Å². The molecule has 2 rings (SSSR count). The standard InChI is InChI=1S/C16H23NO2/c1-4-12(5-2)15(18)17-16(10-11-16)13-6-8-14(19-3)9-7-13/h6-9,12H,4-5,10-11H2,1-3H3,(H,17,18). The first kappa shape index (κ1) is 13.9. The molecular weight excluding hydrogens is 238 g/mol. The van der Waals surface area contributed by atoms with Gasteiger partial charge in [0, 0.05) is 5.92 Å². The first-order valence-corrected chi connectivity index (χ1v) is 7.11. The fourth-order valence-electron chi connectivity index (χ4n) is 2.52. The molecule has 1 amide bonds. The van der Waals surface area contributed by atoms with Gasteiger partial charge < -0.3 is 10.1 Å². The van der Waals surface area contributed by atoms with Gasteiger partial charge >= 0.3 is 0 Å². The van der Waals surface area contributed by atoms with Gasteiger partial charge in [0.1, 0.15) is 5.75 Å². The molecule has 1 aromatic rings. The van der Waals surface area contributed by atoms with Gasteiger partial charge in [-0.1, -0.05) is 26.0 Å². The van der Waals surface area contributed by atoms with Gasteiger partial charge in [-0.3, -0.25) is 4.79 Å². The molecule has 0 spiro atoms. The smallest absolute Gasteiger partial charge is 0.223 e. The van der Waals surface area contributed by atoms with Gasteiger partial charge in [-0.05, 0) is 43.4 Å². The molecule has 1 fully saturated rings. The number of rotatable bonds is 6. The third-order valence-corrected chi connectivity index (χ3v) is 4.11. The quantitative estimate of drug-likeness (QED) is 0.853. The Morgan fingerprint density at radius 3 is 2.26 bits per heavy atom. The highest BCUT2D eigenvalue weighted by Gasteiger charge is 2.46. The van der Waals surface area contributed by atoms with Crippen molar-refractivity contribution in [1.29, 1.82) is 0 Å². The van der Waals surface area contributed by atoms with Gasteiger partial charge in [0.25, 0.3) is 0 Å². The number of ether oxygens (including phenoxy) is 1. The van der Waals surface area contributed by atoms with Crippen molar-refractivity contribution in [1.82, 2.24) is 5.32 Å². The topological polar surface area (TPSA) is 38.3 Å². The van der Waals surface area contributed by atoms with Crippen molar-refractivity contribution in [2.45, 2.75) is 45.1 Å². The van der Waals surface area contributed by atoms with Gasteiger partial charge in [0.05, 0.1) is 12.6 Å². The minimum atomic E-state index is -0.119. The number of amides is 1. The zero-order chi connectivity index (χ0) is 13.9. The molecule has 0 aromatic heterocycles. The average Bonchev–Trinajstić information content (AvgIpc) is 3.21. The lowest BCUT2D eigenvalue weighted by Gasteiger charge is -2.21. The molecule has 1 aliphatic rings. The van der Waals surface area contributed by atoms with E-state index in [2.05, 4.69) is 31.3 Å². The second-order valence-corrected chi connectivity index (χ2v) is 5.31. The van der Waals surface area contributed by atoms with E-state index in [-0.39, 0.29) is 17.4 Å². The van der Waals surface area contributed by atoms with Crippen molar-refractivity contribution in [2.75, 3.05) is 7.11 Å². The summed E-state index contributed by atoms with van der Waals surface area (Å²) in [4.78, 5) is 12.2. The molecule has 104 valence electrons. The lowest BCUT2D eigenvalue weighted by Crippen LogP contribution is -2.38. The molecule has 1 aromatic carbocycles. The maximum Gasteiger partial charge on any atom is 0.223 e. The lowest BCUT2D eigenvalue weighted by molar-refractivity contribution is -0.126. The van der Waals surface area contributed by atoms with Gasteiger partial charge in [-0.15, -0.1) is 0 Å². The SMILES string of the molecule is CCC(CC)C(=O)NC1(c2ccc(OC)cc2)CC1. The molecule has 1 aliphatic carbocycles. The Kier molecular flexibility index (Phi) is 4.13. The molecule has 3 nitrogen and oxygen atoms in total.